The molecule has 0 saturated heterocycles. The molecule has 1 heteroatoms. The molecule has 0 saturated carbocycles. The van der Waals surface area contributed by atoms with E-state index in [-0.39, 0.29) is 5.60 Å². The molecule has 0 unspecified atom stereocenters. The Kier molecular flexibility index (Phi) is 1.51. The summed E-state index contributed by atoms with van der Waals surface area (Å²) < 4.78 is 5.77. The Hall–Kier alpha value is -1.16. The normalized spacial score (nSPS) is 23.8. The van der Waals surface area contributed by atoms with Crippen molar-refractivity contribution < 1.29 is 4.74 Å². The zero-order valence-electron chi connectivity index (χ0n) is 7.48. The van der Waals surface area contributed by atoms with E-state index in [1.807, 2.05) is 12.2 Å². The van der Waals surface area contributed by atoms with Gasteiger partial charge in [0.25, 0.3) is 0 Å². The van der Waals surface area contributed by atoms with Crippen LogP contribution in [0.25, 0.3) is 0 Å². The molecule has 12 heavy (non-hydrogen) atoms. The molecule has 1 aliphatic heterocycles. The highest BCUT2D eigenvalue weighted by Gasteiger charge is 2.26. The summed E-state index contributed by atoms with van der Waals surface area (Å²) in [6, 6.07) is 0. The summed E-state index contributed by atoms with van der Waals surface area (Å²) in [5.74, 6) is 0.977. The summed E-state index contributed by atoms with van der Waals surface area (Å²) in [6.45, 7) is 4.24. The third-order valence-electron chi connectivity index (χ3n) is 2.23. The first kappa shape index (κ1) is 7.49. The molecule has 0 amide bonds. The standard InChI is InChI=1S/C11H12O/c1-11(2)8-7-9-5-3-4-6-10(9)12-11/h5-6H,7-8H2,1-2H3. The molecule has 1 nitrogen and oxygen atoms in total. The first-order valence-corrected chi connectivity index (χ1v) is 4.27. The molecule has 0 aromatic heterocycles. The maximum Gasteiger partial charge on any atom is 0.132 e. The van der Waals surface area contributed by atoms with E-state index in [4.69, 9.17) is 4.74 Å². The predicted molar refractivity (Wildman–Crippen MR) is 47.6 cm³/mol. The maximum atomic E-state index is 5.77. The molecule has 0 radical (unpaired) electrons. The van der Waals surface area contributed by atoms with E-state index in [1.54, 1.807) is 0 Å². The zero-order valence-corrected chi connectivity index (χ0v) is 7.48. The van der Waals surface area contributed by atoms with Gasteiger partial charge in [-0.1, -0.05) is 11.5 Å². The van der Waals surface area contributed by atoms with Gasteiger partial charge in [0.1, 0.15) is 11.4 Å². The van der Waals surface area contributed by atoms with Crippen LogP contribution in [0.15, 0.2) is 34.9 Å². The molecule has 1 aliphatic carbocycles. The van der Waals surface area contributed by atoms with Crippen molar-refractivity contribution in [2.75, 3.05) is 0 Å². The van der Waals surface area contributed by atoms with Crippen molar-refractivity contribution in [3.8, 4) is 0 Å². The Morgan fingerprint density at radius 1 is 1.33 bits per heavy atom. The second kappa shape index (κ2) is 2.42. The van der Waals surface area contributed by atoms with Crippen molar-refractivity contribution >= 4 is 0 Å². The van der Waals surface area contributed by atoms with Crippen molar-refractivity contribution in [3.63, 3.8) is 0 Å². The molecule has 2 aliphatic rings. The van der Waals surface area contributed by atoms with E-state index in [1.165, 1.54) is 5.57 Å². The van der Waals surface area contributed by atoms with Gasteiger partial charge in [0.15, 0.2) is 0 Å². The third kappa shape index (κ3) is 1.25. The van der Waals surface area contributed by atoms with Crippen molar-refractivity contribution in [1.82, 2.24) is 0 Å². The van der Waals surface area contributed by atoms with Gasteiger partial charge >= 0.3 is 0 Å². The lowest BCUT2D eigenvalue weighted by Gasteiger charge is -2.32. The van der Waals surface area contributed by atoms with Gasteiger partial charge in [-0.2, -0.15) is 0 Å². The number of hydrogen-bond acceptors (Lipinski definition) is 1. The summed E-state index contributed by atoms with van der Waals surface area (Å²) in [4.78, 5) is 0. The molecule has 1 heterocycles. The van der Waals surface area contributed by atoms with Crippen molar-refractivity contribution in [3.05, 3.63) is 34.9 Å². The van der Waals surface area contributed by atoms with Crippen LogP contribution >= 0.6 is 0 Å². The highest BCUT2D eigenvalue weighted by molar-refractivity contribution is 5.34. The number of ether oxygens (including phenoxy) is 1. The van der Waals surface area contributed by atoms with Crippen molar-refractivity contribution in [2.24, 2.45) is 0 Å². The molecule has 62 valence electrons. The minimum absolute atomic E-state index is 0.0117. The highest BCUT2D eigenvalue weighted by atomic mass is 16.5. The summed E-state index contributed by atoms with van der Waals surface area (Å²) >= 11 is 0. The minimum Gasteiger partial charge on any atom is -0.487 e. The molecule has 0 aromatic carbocycles. The predicted octanol–water partition coefficient (Wildman–Crippen LogP) is 2.71. The lowest BCUT2D eigenvalue weighted by atomic mass is 9.93. The monoisotopic (exact) mass is 160 g/mol. The van der Waals surface area contributed by atoms with E-state index in [0.717, 1.165) is 18.6 Å². The number of rotatable bonds is 0. The van der Waals surface area contributed by atoms with E-state index in [9.17, 15) is 0 Å². The molecule has 0 aromatic rings. The Morgan fingerprint density at radius 3 is 2.92 bits per heavy atom. The van der Waals surface area contributed by atoms with Crippen LogP contribution in [0.3, 0.4) is 0 Å². The van der Waals surface area contributed by atoms with Gasteiger partial charge in [0.2, 0.25) is 0 Å². The first-order valence-electron chi connectivity index (χ1n) is 4.27. The van der Waals surface area contributed by atoms with Crippen LogP contribution in [0, 0.1) is 0 Å². The first-order chi connectivity index (χ1) is 5.67. The highest BCUT2D eigenvalue weighted by Crippen LogP contribution is 2.32. The van der Waals surface area contributed by atoms with Gasteiger partial charge in [0, 0.05) is 11.6 Å². The Labute approximate surface area is 72.7 Å². The smallest absolute Gasteiger partial charge is 0.132 e. The van der Waals surface area contributed by atoms with E-state index in [0.29, 0.717) is 0 Å². The molecule has 0 spiro atoms. The largest absolute Gasteiger partial charge is 0.487 e. The topological polar surface area (TPSA) is 9.23 Å². The average Bonchev–Trinajstić information content (AvgIpc) is 2.02. The molecular formula is C11H12O. The van der Waals surface area contributed by atoms with Crippen LogP contribution < -0.4 is 0 Å². The van der Waals surface area contributed by atoms with Gasteiger partial charge < -0.3 is 4.74 Å². The van der Waals surface area contributed by atoms with E-state index < -0.39 is 0 Å². The average molecular weight is 160 g/mol. The molecule has 0 N–H and O–H groups in total. The zero-order chi connectivity index (χ0) is 8.60. The second-order valence-corrected chi connectivity index (χ2v) is 3.83. The van der Waals surface area contributed by atoms with Gasteiger partial charge in [0.05, 0.1) is 0 Å². The van der Waals surface area contributed by atoms with Crippen LogP contribution in [0.5, 0.6) is 0 Å². The molecule has 0 fully saturated rings. The van der Waals surface area contributed by atoms with E-state index >= 15 is 0 Å². The summed E-state index contributed by atoms with van der Waals surface area (Å²) in [6.07, 6.45) is 6.01. The van der Waals surface area contributed by atoms with Gasteiger partial charge in [-0.15, -0.1) is 0 Å². The molecule has 0 atom stereocenters. The van der Waals surface area contributed by atoms with Crippen LogP contribution in [0.1, 0.15) is 26.7 Å². The summed E-state index contributed by atoms with van der Waals surface area (Å²) in [5.41, 5.74) is 7.10. The molecule has 0 bridgehead atoms. The minimum atomic E-state index is -0.0117. The fraction of sp³-hybridized carbons (Fsp3) is 0.455. The quantitative estimate of drug-likeness (QED) is 0.495. The summed E-state index contributed by atoms with van der Waals surface area (Å²) in [5, 5.41) is 0. The lowest BCUT2D eigenvalue weighted by molar-refractivity contribution is 0.0210. The third-order valence-corrected chi connectivity index (χ3v) is 2.23. The van der Waals surface area contributed by atoms with Gasteiger partial charge in [-0.25, -0.2) is 0 Å². The fourth-order valence-electron chi connectivity index (χ4n) is 1.47. The van der Waals surface area contributed by atoms with Crippen molar-refractivity contribution in [1.29, 1.82) is 0 Å². The van der Waals surface area contributed by atoms with Crippen molar-refractivity contribution in [2.45, 2.75) is 32.3 Å². The van der Waals surface area contributed by atoms with Crippen LogP contribution in [0.2, 0.25) is 0 Å². The number of hydrogen-bond donors (Lipinski definition) is 0. The van der Waals surface area contributed by atoms with Crippen LogP contribution in [-0.2, 0) is 4.74 Å². The Morgan fingerprint density at radius 2 is 2.08 bits per heavy atom. The van der Waals surface area contributed by atoms with Crippen LogP contribution in [0.4, 0.5) is 0 Å². The molecular weight excluding hydrogens is 148 g/mol. The van der Waals surface area contributed by atoms with Crippen LogP contribution in [-0.4, -0.2) is 5.60 Å². The number of allylic oxidation sites excluding steroid dienone is 3. The Bertz CT molecular complexity index is 332. The summed E-state index contributed by atoms with van der Waals surface area (Å²) in [7, 11) is 0. The van der Waals surface area contributed by atoms with Gasteiger partial charge in [-0.05, 0) is 32.8 Å². The second-order valence-electron chi connectivity index (χ2n) is 3.83. The Balaban J connectivity index is 2.32. The lowest BCUT2D eigenvalue weighted by Crippen LogP contribution is -2.27. The SMILES string of the molecule is CC1(C)CCC2=C(C=C=C=C2)O1. The van der Waals surface area contributed by atoms with Gasteiger partial charge in [-0.3, -0.25) is 0 Å². The van der Waals surface area contributed by atoms with E-state index in [2.05, 4.69) is 25.3 Å². The molecule has 2 rings (SSSR count). The maximum absolute atomic E-state index is 5.77. The fourth-order valence-corrected chi connectivity index (χ4v) is 1.47.